The molecule has 0 aliphatic rings. The molecule has 8 nitrogen and oxygen atoms in total. The van der Waals surface area contributed by atoms with E-state index in [0.717, 1.165) is 22.1 Å². The summed E-state index contributed by atoms with van der Waals surface area (Å²) in [5.74, 6) is 0.121. The van der Waals surface area contributed by atoms with Crippen molar-refractivity contribution in [2.75, 3.05) is 0 Å². The second-order valence-corrected chi connectivity index (χ2v) is 7.67. The number of phenolic OH excluding ortho intramolecular Hbond substituents is 1. The van der Waals surface area contributed by atoms with Crippen molar-refractivity contribution in [1.82, 2.24) is 30.0 Å². The molecule has 2 N–H and O–H groups in total. The van der Waals surface area contributed by atoms with Crippen LogP contribution in [0.1, 0.15) is 19.4 Å². The Hall–Kier alpha value is -4.46. The summed E-state index contributed by atoms with van der Waals surface area (Å²) < 4.78 is 0. The fourth-order valence-electron chi connectivity index (χ4n) is 3.71. The first kappa shape index (κ1) is 20.4. The molecule has 0 unspecified atom stereocenters. The lowest BCUT2D eigenvalue weighted by Gasteiger charge is -2.13. The molecule has 5 rings (SSSR count). The molecule has 3 aromatic carbocycles. The van der Waals surface area contributed by atoms with Crippen molar-refractivity contribution in [3.05, 3.63) is 89.7 Å². The third-order valence-corrected chi connectivity index (χ3v) is 5.56. The van der Waals surface area contributed by atoms with Gasteiger partial charge in [-0.2, -0.15) is 4.80 Å². The zero-order valence-corrected chi connectivity index (χ0v) is 18.2. The highest BCUT2D eigenvalue weighted by molar-refractivity contribution is 5.74. The first-order valence-electron chi connectivity index (χ1n) is 10.6. The quantitative estimate of drug-likeness (QED) is 0.302. The fourth-order valence-corrected chi connectivity index (χ4v) is 3.71. The van der Waals surface area contributed by atoms with Crippen LogP contribution in [0.5, 0.6) is 5.75 Å². The monoisotopic (exact) mass is 438 g/mol. The van der Waals surface area contributed by atoms with Gasteiger partial charge in [0.1, 0.15) is 45.0 Å². The average Bonchev–Trinajstić information content (AvgIpc) is 3.46. The number of phenols is 1. The highest BCUT2D eigenvalue weighted by Crippen LogP contribution is 2.30. The number of allylic oxidation sites excluding steroid dienone is 3. The van der Waals surface area contributed by atoms with Gasteiger partial charge in [0.2, 0.25) is 0 Å². The molecule has 0 aliphatic carbocycles. The number of aliphatic hydroxyl groups excluding tert-OH is 1. The van der Waals surface area contributed by atoms with Gasteiger partial charge < -0.3 is 10.2 Å². The topological polar surface area (TPSA) is 102 Å². The number of benzene rings is 3. The van der Waals surface area contributed by atoms with Crippen molar-refractivity contribution in [3.63, 3.8) is 0 Å². The molecule has 0 atom stereocenters. The van der Waals surface area contributed by atoms with E-state index in [1.807, 2.05) is 73.7 Å². The van der Waals surface area contributed by atoms with Gasteiger partial charge in [-0.15, -0.1) is 25.2 Å². The number of para-hydroxylation sites is 1. The fraction of sp³-hybridized carbons (Fsp3) is 0.120. The third-order valence-electron chi connectivity index (χ3n) is 5.56. The van der Waals surface area contributed by atoms with Crippen LogP contribution in [0.3, 0.4) is 0 Å². The molecule has 2 heterocycles. The van der Waals surface area contributed by atoms with Crippen molar-refractivity contribution in [2.24, 2.45) is 0 Å². The van der Waals surface area contributed by atoms with E-state index in [9.17, 15) is 10.2 Å². The molecule has 0 saturated heterocycles. The number of aromatic nitrogens is 6. The van der Waals surface area contributed by atoms with Gasteiger partial charge in [-0.1, -0.05) is 42.5 Å². The molecule has 0 aliphatic heterocycles. The Bertz CT molecular complexity index is 1480. The summed E-state index contributed by atoms with van der Waals surface area (Å²) in [7, 11) is 0. The largest absolute Gasteiger partial charge is 0.506 e. The van der Waals surface area contributed by atoms with Crippen LogP contribution in [-0.2, 0) is 6.42 Å². The van der Waals surface area contributed by atoms with Gasteiger partial charge in [-0.05, 0) is 49.8 Å². The highest BCUT2D eigenvalue weighted by Gasteiger charge is 2.17. The van der Waals surface area contributed by atoms with Crippen LogP contribution in [0.15, 0.2) is 84.1 Å². The number of aliphatic hydroxyl groups is 1. The summed E-state index contributed by atoms with van der Waals surface area (Å²) in [6.45, 7) is 3.60. The van der Waals surface area contributed by atoms with Crippen LogP contribution in [0.25, 0.3) is 33.5 Å². The van der Waals surface area contributed by atoms with Crippen LogP contribution < -0.4 is 0 Å². The van der Waals surface area contributed by atoms with Gasteiger partial charge in [0.25, 0.3) is 0 Å². The van der Waals surface area contributed by atoms with E-state index in [2.05, 4.69) is 20.4 Å². The second-order valence-electron chi connectivity index (χ2n) is 7.67. The summed E-state index contributed by atoms with van der Waals surface area (Å²) in [5.41, 5.74) is 5.22. The molecule has 0 spiro atoms. The lowest BCUT2D eigenvalue weighted by atomic mass is 10.0. The molecular formula is C25H22N6O2. The van der Waals surface area contributed by atoms with Gasteiger partial charge in [0.15, 0.2) is 0 Å². The van der Waals surface area contributed by atoms with Crippen molar-refractivity contribution >= 4 is 27.8 Å². The smallest absolute Gasteiger partial charge is 0.146 e. The minimum Gasteiger partial charge on any atom is -0.506 e. The average molecular weight is 438 g/mol. The molecular weight excluding hydrogens is 416 g/mol. The van der Waals surface area contributed by atoms with E-state index in [1.54, 1.807) is 13.0 Å². The van der Waals surface area contributed by atoms with E-state index in [-0.39, 0.29) is 11.5 Å². The number of hydrogen-bond donors (Lipinski definition) is 2. The Morgan fingerprint density at radius 3 is 1.91 bits per heavy atom. The van der Waals surface area contributed by atoms with E-state index in [4.69, 9.17) is 0 Å². The van der Waals surface area contributed by atoms with Crippen molar-refractivity contribution in [3.8, 4) is 11.4 Å². The number of nitrogens with zero attached hydrogens (tertiary/aromatic N) is 6. The first-order valence-corrected chi connectivity index (χ1v) is 10.6. The van der Waals surface area contributed by atoms with Gasteiger partial charge >= 0.3 is 0 Å². The minimum atomic E-state index is 0.0607. The zero-order valence-electron chi connectivity index (χ0n) is 18.2. The Morgan fingerprint density at radius 1 is 0.818 bits per heavy atom. The van der Waals surface area contributed by atoms with E-state index >= 15 is 0 Å². The minimum absolute atomic E-state index is 0.0607. The first-order chi connectivity index (χ1) is 16.0. The van der Waals surface area contributed by atoms with E-state index in [0.29, 0.717) is 28.9 Å². The molecule has 0 radical (unpaired) electrons. The maximum atomic E-state index is 11.0. The van der Waals surface area contributed by atoms with Crippen molar-refractivity contribution in [1.29, 1.82) is 0 Å². The number of aromatic hydroxyl groups is 1. The SMILES string of the molecule is C/C=C(Cc1cccc(-n2nc3ccccc3n2)c1O)\C(O)=C(/C)n1nc2ccccc2n1. The summed E-state index contributed by atoms with van der Waals surface area (Å²) >= 11 is 0. The van der Waals surface area contributed by atoms with Gasteiger partial charge in [0, 0.05) is 12.0 Å². The Morgan fingerprint density at radius 2 is 1.36 bits per heavy atom. The standard InChI is InChI=1S/C25H22N6O2/c1-3-17(24(32)16(2)30-26-19-10-4-5-11-20(19)27-30)15-18-9-8-14-23(25(18)33)31-28-21-12-6-7-13-22(21)29-31/h3-14,32-33H,15H2,1-2H3/b17-3-,24-16-. The number of rotatable bonds is 5. The molecule has 0 amide bonds. The normalized spacial score (nSPS) is 13.0. The zero-order chi connectivity index (χ0) is 22.9. The Balaban J connectivity index is 1.48. The van der Waals surface area contributed by atoms with Crippen LogP contribution in [0.4, 0.5) is 0 Å². The molecule has 0 bridgehead atoms. The van der Waals surface area contributed by atoms with Gasteiger partial charge in [0.05, 0.1) is 0 Å². The molecule has 8 heteroatoms. The highest BCUT2D eigenvalue weighted by atomic mass is 16.3. The Labute approximate surface area is 189 Å². The molecule has 5 aromatic rings. The maximum Gasteiger partial charge on any atom is 0.146 e. The maximum absolute atomic E-state index is 11.0. The summed E-state index contributed by atoms with van der Waals surface area (Å²) in [6.07, 6.45) is 2.12. The third kappa shape index (κ3) is 3.71. The predicted octanol–water partition coefficient (Wildman–Crippen LogP) is 4.81. The summed E-state index contributed by atoms with van der Waals surface area (Å²) in [6, 6.07) is 20.5. The molecule has 0 fully saturated rings. The van der Waals surface area contributed by atoms with E-state index in [1.165, 1.54) is 9.59 Å². The van der Waals surface area contributed by atoms with Crippen LogP contribution in [0.2, 0.25) is 0 Å². The van der Waals surface area contributed by atoms with Crippen LogP contribution in [0, 0.1) is 0 Å². The lowest BCUT2D eigenvalue weighted by Crippen LogP contribution is -2.06. The molecule has 164 valence electrons. The van der Waals surface area contributed by atoms with Gasteiger partial charge in [-0.3, -0.25) is 0 Å². The molecule has 0 saturated carbocycles. The van der Waals surface area contributed by atoms with Crippen molar-refractivity contribution < 1.29 is 10.2 Å². The van der Waals surface area contributed by atoms with Crippen LogP contribution in [-0.4, -0.2) is 40.2 Å². The predicted molar refractivity (Wildman–Crippen MR) is 127 cm³/mol. The van der Waals surface area contributed by atoms with Crippen molar-refractivity contribution in [2.45, 2.75) is 20.3 Å². The lowest BCUT2D eigenvalue weighted by molar-refractivity contribution is 0.415. The summed E-state index contributed by atoms with van der Waals surface area (Å²) in [5, 5.41) is 39.8. The molecule has 2 aromatic heterocycles. The number of hydrogen-bond acceptors (Lipinski definition) is 6. The second kappa shape index (κ2) is 8.23. The van der Waals surface area contributed by atoms with Gasteiger partial charge in [-0.25, -0.2) is 0 Å². The Kier molecular flexibility index (Phi) is 5.10. The van der Waals surface area contributed by atoms with E-state index < -0.39 is 0 Å². The van der Waals surface area contributed by atoms with Crippen LogP contribution >= 0.6 is 0 Å². The summed E-state index contributed by atoms with van der Waals surface area (Å²) in [4.78, 5) is 2.86. The number of fused-ring (bicyclic) bond motifs is 2. The molecule has 33 heavy (non-hydrogen) atoms.